The van der Waals surface area contributed by atoms with Crippen molar-refractivity contribution < 1.29 is 5.11 Å². The molecule has 3 N–H and O–H groups in total. The Morgan fingerprint density at radius 3 is 3.06 bits per heavy atom. The van der Waals surface area contributed by atoms with Crippen LogP contribution in [0.1, 0.15) is 31.2 Å². The summed E-state index contributed by atoms with van der Waals surface area (Å²) < 4.78 is 0. The average Bonchev–Trinajstić information content (AvgIpc) is 2.80. The zero-order valence-corrected chi connectivity index (χ0v) is 10.5. The first kappa shape index (κ1) is 11.8. The molecule has 18 heavy (non-hydrogen) atoms. The van der Waals surface area contributed by atoms with Crippen LogP contribution in [-0.4, -0.2) is 22.2 Å². The third-order valence-corrected chi connectivity index (χ3v) is 3.90. The molecule has 1 aliphatic carbocycles. The number of H-pyrrole nitrogens is 1. The molecule has 3 rings (SSSR count). The molecule has 0 saturated heterocycles. The van der Waals surface area contributed by atoms with Gasteiger partial charge in [-0.2, -0.15) is 0 Å². The van der Waals surface area contributed by atoms with Gasteiger partial charge in [0.25, 0.3) is 0 Å². The van der Waals surface area contributed by atoms with E-state index < -0.39 is 0 Å². The number of nitrogens with one attached hydrogen (secondary N) is 2. The standard InChI is InChI=1S/C15H20N2O/c18-13-5-3-4-12(8-13)16-9-11-10-17-15-7-2-1-6-14(11)15/h1-2,6-7,10,12-13,16-18H,3-5,8-9H2. The second kappa shape index (κ2) is 5.12. The van der Waals surface area contributed by atoms with Gasteiger partial charge in [-0.05, 0) is 37.3 Å². The van der Waals surface area contributed by atoms with Gasteiger partial charge >= 0.3 is 0 Å². The minimum absolute atomic E-state index is 0.112. The van der Waals surface area contributed by atoms with Gasteiger partial charge in [-0.3, -0.25) is 0 Å². The van der Waals surface area contributed by atoms with E-state index in [9.17, 15) is 5.11 Å². The van der Waals surface area contributed by atoms with E-state index in [1.165, 1.54) is 22.9 Å². The first-order valence-electron chi connectivity index (χ1n) is 6.79. The number of hydrogen-bond acceptors (Lipinski definition) is 2. The monoisotopic (exact) mass is 244 g/mol. The highest BCUT2D eigenvalue weighted by Crippen LogP contribution is 2.21. The van der Waals surface area contributed by atoms with Crippen molar-refractivity contribution in [2.24, 2.45) is 0 Å². The third-order valence-electron chi connectivity index (χ3n) is 3.90. The summed E-state index contributed by atoms with van der Waals surface area (Å²) in [7, 11) is 0. The van der Waals surface area contributed by atoms with Crippen LogP contribution in [0.15, 0.2) is 30.5 Å². The summed E-state index contributed by atoms with van der Waals surface area (Å²) in [6.45, 7) is 0.876. The van der Waals surface area contributed by atoms with E-state index >= 15 is 0 Å². The van der Waals surface area contributed by atoms with Crippen LogP contribution in [0.4, 0.5) is 0 Å². The Hall–Kier alpha value is -1.32. The molecule has 0 spiro atoms. The highest BCUT2D eigenvalue weighted by atomic mass is 16.3. The Kier molecular flexibility index (Phi) is 3.35. The molecule has 2 aromatic rings. The van der Waals surface area contributed by atoms with Gasteiger partial charge in [-0.25, -0.2) is 0 Å². The molecule has 1 aromatic carbocycles. The number of aromatic nitrogens is 1. The lowest BCUT2D eigenvalue weighted by molar-refractivity contribution is 0.111. The van der Waals surface area contributed by atoms with Gasteiger partial charge < -0.3 is 15.4 Å². The zero-order chi connectivity index (χ0) is 12.4. The number of aromatic amines is 1. The fourth-order valence-electron chi connectivity index (χ4n) is 2.88. The molecule has 96 valence electrons. The van der Waals surface area contributed by atoms with Crippen molar-refractivity contribution >= 4 is 10.9 Å². The molecule has 1 heterocycles. The van der Waals surface area contributed by atoms with Crippen molar-refractivity contribution in [2.75, 3.05) is 0 Å². The Labute approximate surface area is 107 Å². The van der Waals surface area contributed by atoms with E-state index in [4.69, 9.17) is 0 Å². The van der Waals surface area contributed by atoms with Crippen molar-refractivity contribution in [1.82, 2.24) is 10.3 Å². The van der Waals surface area contributed by atoms with E-state index in [1.54, 1.807) is 0 Å². The van der Waals surface area contributed by atoms with Crippen LogP contribution in [0.2, 0.25) is 0 Å². The van der Waals surface area contributed by atoms with Crippen LogP contribution in [-0.2, 0) is 6.54 Å². The van der Waals surface area contributed by atoms with Gasteiger partial charge in [-0.1, -0.05) is 18.2 Å². The maximum absolute atomic E-state index is 9.66. The van der Waals surface area contributed by atoms with Gasteiger partial charge in [0.2, 0.25) is 0 Å². The van der Waals surface area contributed by atoms with Crippen LogP contribution < -0.4 is 5.32 Å². The fourth-order valence-corrected chi connectivity index (χ4v) is 2.88. The topological polar surface area (TPSA) is 48.0 Å². The van der Waals surface area contributed by atoms with Crippen LogP contribution >= 0.6 is 0 Å². The summed E-state index contributed by atoms with van der Waals surface area (Å²) in [5, 5.41) is 14.5. The summed E-state index contributed by atoms with van der Waals surface area (Å²) >= 11 is 0. The van der Waals surface area contributed by atoms with Gasteiger partial charge in [0.05, 0.1) is 6.10 Å². The molecule has 0 radical (unpaired) electrons. The maximum Gasteiger partial charge on any atom is 0.0555 e. The summed E-state index contributed by atoms with van der Waals surface area (Å²) in [6, 6.07) is 8.83. The number of aliphatic hydroxyl groups is 1. The second-order valence-corrected chi connectivity index (χ2v) is 5.26. The van der Waals surface area contributed by atoms with Crippen molar-refractivity contribution in [3.05, 3.63) is 36.0 Å². The molecule has 1 fully saturated rings. The van der Waals surface area contributed by atoms with Crippen molar-refractivity contribution in [2.45, 2.75) is 44.4 Å². The predicted molar refractivity (Wildman–Crippen MR) is 73.4 cm³/mol. The van der Waals surface area contributed by atoms with Crippen LogP contribution in [0.5, 0.6) is 0 Å². The first-order chi connectivity index (χ1) is 8.83. The number of hydrogen-bond donors (Lipinski definition) is 3. The zero-order valence-electron chi connectivity index (χ0n) is 10.5. The number of benzene rings is 1. The van der Waals surface area contributed by atoms with Crippen LogP contribution in [0.3, 0.4) is 0 Å². The lowest BCUT2D eigenvalue weighted by Crippen LogP contribution is -2.35. The summed E-state index contributed by atoms with van der Waals surface area (Å²) in [4.78, 5) is 3.30. The number of fused-ring (bicyclic) bond motifs is 1. The highest BCUT2D eigenvalue weighted by Gasteiger charge is 2.19. The summed E-state index contributed by atoms with van der Waals surface area (Å²) in [5.41, 5.74) is 2.50. The molecule has 0 aliphatic heterocycles. The van der Waals surface area contributed by atoms with Gasteiger partial charge in [-0.15, -0.1) is 0 Å². The van der Waals surface area contributed by atoms with E-state index in [-0.39, 0.29) is 6.10 Å². The van der Waals surface area contributed by atoms with E-state index in [2.05, 4.69) is 34.7 Å². The minimum Gasteiger partial charge on any atom is -0.393 e. The molecular weight excluding hydrogens is 224 g/mol. The van der Waals surface area contributed by atoms with Gasteiger partial charge in [0.1, 0.15) is 0 Å². The summed E-state index contributed by atoms with van der Waals surface area (Å²) in [5.74, 6) is 0. The lowest BCUT2D eigenvalue weighted by atomic mass is 9.93. The second-order valence-electron chi connectivity index (χ2n) is 5.26. The van der Waals surface area contributed by atoms with Crippen molar-refractivity contribution in [1.29, 1.82) is 0 Å². The summed E-state index contributed by atoms with van der Waals surface area (Å²) in [6.07, 6.45) is 6.13. The SMILES string of the molecule is OC1CCCC(NCc2c[nH]c3ccccc23)C1. The fraction of sp³-hybridized carbons (Fsp3) is 0.467. The molecule has 0 bridgehead atoms. The van der Waals surface area contributed by atoms with Gasteiger partial charge in [0, 0.05) is 29.7 Å². The molecule has 2 atom stereocenters. The molecule has 1 saturated carbocycles. The molecule has 0 amide bonds. The maximum atomic E-state index is 9.66. The highest BCUT2D eigenvalue weighted by molar-refractivity contribution is 5.82. The lowest BCUT2D eigenvalue weighted by Gasteiger charge is -2.26. The average molecular weight is 244 g/mol. The molecular formula is C15H20N2O. The van der Waals surface area contributed by atoms with E-state index in [0.29, 0.717) is 6.04 Å². The Bertz CT molecular complexity index is 520. The van der Waals surface area contributed by atoms with E-state index in [0.717, 1.165) is 25.8 Å². The Balaban J connectivity index is 1.66. The Morgan fingerprint density at radius 1 is 1.28 bits per heavy atom. The largest absolute Gasteiger partial charge is 0.393 e. The number of rotatable bonds is 3. The molecule has 3 heteroatoms. The van der Waals surface area contributed by atoms with Crippen molar-refractivity contribution in [3.63, 3.8) is 0 Å². The number of aliphatic hydroxyl groups excluding tert-OH is 1. The molecule has 2 unspecified atom stereocenters. The molecule has 3 nitrogen and oxygen atoms in total. The molecule has 1 aliphatic rings. The Morgan fingerprint density at radius 2 is 2.17 bits per heavy atom. The smallest absolute Gasteiger partial charge is 0.0555 e. The minimum atomic E-state index is -0.112. The quantitative estimate of drug-likeness (QED) is 0.777. The van der Waals surface area contributed by atoms with Crippen LogP contribution in [0, 0.1) is 0 Å². The van der Waals surface area contributed by atoms with Crippen LogP contribution in [0.25, 0.3) is 10.9 Å². The first-order valence-corrected chi connectivity index (χ1v) is 6.79. The number of para-hydroxylation sites is 1. The molecule has 1 aromatic heterocycles. The normalized spacial score (nSPS) is 24.5. The van der Waals surface area contributed by atoms with Crippen molar-refractivity contribution in [3.8, 4) is 0 Å². The predicted octanol–water partition coefficient (Wildman–Crippen LogP) is 2.56. The third kappa shape index (κ3) is 2.42. The van der Waals surface area contributed by atoms with E-state index in [1.807, 2.05) is 6.07 Å². The van der Waals surface area contributed by atoms with Gasteiger partial charge in [0.15, 0.2) is 0 Å².